The zero-order valence-corrected chi connectivity index (χ0v) is 17.4. The van der Waals surface area contributed by atoms with Gasteiger partial charge in [0, 0.05) is 12.1 Å². The summed E-state index contributed by atoms with van der Waals surface area (Å²) in [6, 6.07) is 19.6. The van der Waals surface area contributed by atoms with Crippen LogP contribution >= 0.6 is 11.8 Å². The van der Waals surface area contributed by atoms with E-state index < -0.39 is 16.8 Å². The van der Waals surface area contributed by atoms with Crippen LogP contribution in [0.25, 0.3) is 0 Å². The van der Waals surface area contributed by atoms with Crippen LogP contribution in [-0.2, 0) is 9.54 Å². The quantitative estimate of drug-likeness (QED) is 0.574. The molecule has 2 aromatic carbocycles. The minimum atomic E-state index is -0.878. The van der Waals surface area contributed by atoms with Crippen LogP contribution in [0.3, 0.4) is 0 Å². The van der Waals surface area contributed by atoms with Crippen molar-refractivity contribution < 1.29 is 9.90 Å². The summed E-state index contributed by atoms with van der Waals surface area (Å²) in [5.41, 5.74) is 1.93. The van der Waals surface area contributed by atoms with E-state index in [4.69, 9.17) is 0 Å². The first-order chi connectivity index (χ1) is 13.5. The highest BCUT2D eigenvalue weighted by Crippen LogP contribution is 2.44. The number of carbonyl (C=O) groups is 1. The molecule has 28 heavy (non-hydrogen) atoms. The number of hydrogen-bond donors (Lipinski definition) is 4. The second-order valence-electron chi connectivity index (χ2n) is 7.41. The maximum Gasteiger partial charge on any atom is 0.322 e. The van der Waals surface area contributed by atoms with Gasteiger partial charge in [-0.3, -0.25) is 20.7 Å². The fraction of sp³-hybridized carbons (Fsp3) is 0.409. The molecule has 1 aliphatic rings. The molecule has 0 radical (unpaired) electrons. The van der Waals surface area contributed by atoms with Gasteiger partial charge >= 0.3 is 5.97 Å². The van der Waals surface area contributed by atoms with E-state index in [1.54, 1.807) is 11.8 Å². The third-order valence-corrected chi connectivity index (χ3v) is 6.67. The molecule has 0 spiro atoms. The number of rotatable bonds is 7. The Morgan fingerprint density at radius 2 is 1.50 bits per heavy atom. The van der Waals surface area contributed by atoms with Gasteiger partial charge in [0.15, 0.2) is 0 Å². The van der Waals surface area contributed by atoms with Crippen LogP contribution in [-0.4, -0.2) is 41.7 Å². The van der Waals surface area contributed by atoms with Crippen molar-refractivity contribution in [3.63, 3.8) is 0 Å². The molecular formula is C22H29N3O2S. The van der Waals surface area contributed by atoms with Gasteiger partial charge in [-0.2, -0.15) is 0 Å². The molecule has 0 aromatic heterocycles. The lowest BCUT2D eigenvalue weighted by Gasteiger charge is -2.43. The fourth-order valence-corrected chi connectivity index (χ4v) is 5.28. The summed E-state index contributed by atoms with van der Waals surface area (Å²) in [5, 5.41) is 20.5. The van der Waals surface area contributed by atoms with Crippen molar-refractivity contribution in [2.45, 2.75) is 49.4 Å². The summed E-state index contributed by atoms with van der Waals surface area (Å²) in [6.07, 6.45) is 2.70. The highest BCUT2D eigenvalue weighted by atomic mass is 32.2. The number of benzene rings is 2. The Morgan fingerprint density at radius 1 is 1.04 bits per heavy atom. The van der Waals surface area contributed by atoms with Crippen molar-refractivity contribution in [3.8, 4) is 0 Å². The molecule has 3 unspecified atom stereocenters. The van der Waals surface area contributed by atoms with Crippen LogP contribution in [0.4, 0.5) is 0 Å². The van der Waals surface area contributed by atoms with Gasteiger partial charge in [0.1, 0.15) is 12.3 Å². The van der Waals surface area contributed by atoms with Crippen LogP contribution in [0.2, 0.25) is 0 Å². The van der Waals surface area contributed by atoms with Crippen LogP contribution in [0, 0.1) is 0 Å². The molecule has 0 saturated carbocycles. The molecule has 4 N–H and O–H groups in total. The number of hydrogen-bond acceptors (Lipinski definition) is 5. The van der Waals surface area contributed by atoms with Gasteiger partial charge in [-0.15, -0.1) is 11.8 Å². The summed E-state index contributed by atoms with van der Waals surface area (Å²) in [5.74, 6) is -0.878. The number of aliphatic carboxylic acids is 1. The molecule has 1 heterocycles. The third-order valence-electron chi connectivity index (χ3n) is 5.32. The Bertz CT molecular complexity index is 722. The Kier molecular flexibility index (Phi) is 6.78. The highest BCUT2D eigenvalue weighted by Gasteiger charge is 2.47. The first-order valence-electron chi connectivity index (χ1n) is 9.64. The molecule has 2 aromatic rings. The van der Waals surface area contributed by atoms with Gasteiger partial charge in [-0.25, -0.2) is 0 Å². The second-order valence-corrected chi connectivity index (χ2v) is 8.47. The maximum atomic E-state index is 12.6. The van der Waals surface area contributed by atoms with Crippen molar-refractivity contribution in [1.29, 1.82) is 0 Å². The summed E-state index contributed by atoms with van der Waals surface area (Å²) in [7, 11) is 0. The van der Waals surface area contributed by atoms with Gasteiger partial charge in [-0.05, 0) is 37.7 Å². The SMILES string of the molecule is CSC(c1ccccc1)(c1ccccc1)C(NC1NC(C)CC(C)N1)C(=O)O. The number of nitrogens with one attached hydrogen (secondary N) is 3. The average Bonchev–Trinajstić information content (AvgIpc) is 2.69. The topological polar surface area (TPSA) is 73.4 Å². The van der Waals surface area contributed by atoms with Gasteiger partial charge in [0.2, 0.25) is 0 Å². The number of thioether (sulfide) groups is 1. The number of carboxylic acids is 1. The number of carboxylic acid groups (broad SMARTS) is 1. The van der Waals surface area contributed by atoms with Gasteiger partial charge in [0.25, 0.3) is 0 Å². The van der Waals surface area contributed by atoms with Crippen LogP contribution < -0.4 is 16.0 Å². The molecular weight excluding hydrogens is 370 g/mol. The lowest BCUT2D eigenvalue weighted by molar-refractivity contribution is -0.140. The predicted molar refractivity (Wildman–Crippen MR) is 115 cm³/mol. The van der Waals surface area contributed by atoms with E-state index in [1.807, 2.05) is 66.9 Å². The predicted octanol–water partition coefficient (Wildman–Crippen LogP) is 2.98. The second kappa shape index (κ2) is 9.09. The molecule has 1 aliphatic heterocycles. The van der Waals surface area contributed by atoms with Crippen molar-refractivity contribution in [1.82, 2.24) is 16.0 Å². The maximum absolute atomic E-state index is 12.6. The van der Waals surface area contributed by atoms with E-state index >= 15 is 0 Å². The zero-order chi connectivity index (χ0) is 20.1. The molecule has 150 valence electrons. The van der Waals surface area contributed by atoms with Crippen LogP contribution in [0.15, 0.2) is 60.7 Å². The van der Waals surface area contributed by atoms with Crippen molar-refractivity contribution in [2.24, 2.45) is 0 Å². The Balaban J connectivity index is 2.07. The monoisotopic (exact) mass is 399 g/mol. The molecule has 0 amide bonds. The minimum Gasteiger partial charge on any atom is -0.480 e. The van der Waals surface area contributed by atoms with Crippen molar-refractivity contribution >= 4 is 17.7 Å². The summed E-state index contributed by atoms with van der Waals surface area (Å²) in [4.78, 5) is 12.6. The smallest absolute Gasteiger partial charge is 0.322 e. The van der Waals surface area contributed by atoms with Gasteiger partial charge < -0.3 is 5.11 Å². The summed E-state index contributed by atoms with van der Waals surface area (Å²) >= 11 is 1.55. The lowest BCUT2D eigenvalue weighted by Crippen LogP contribution is -2.68. The average molecular weight is 400 g/mol. The Morgan fingerprint density at radius 3 is 1.89 bits per heavy atom. The van der Waals surface area contributed by atoms with Crippen LogP contribution in [0.1, 0.15) is 31.4 Å². The van der Waals surface area contributed by atoms with Crippen molar-refractivity contribution in [2.75, 3.05) is 6.26 Å². The molecule has 6 heteroatoms. The Hall–Kier alpha value is -1.86. The molecule has 0 bridgehead atoms. The fourth-order valence-electron chi connectivity index (χ4n) is 4.13. The molecule has 3 atom stereocenters. The summed E-state index contributed by atoms with van der Waals surface area (Å²) < 4.78 is -0.776. The summed E-state index contributed by atoms with van der Waals surface area (Å²) in [6.45, 7) is 4.25. The molecule has 1 saturated heterocycles. The minimum absolute atomic E-state index is 0.279. The Labute approximate surface area is 171 Å². The van der Waals surface area contributed by atoms with Crippen LogP contribution in [0.5, 0.6) is 0 Å². The van der Waals surface area contributed by atoms with E-state index in [1.165, 1.54) is 0 Å². The largest absolute Gasteiger partial charge is 0.480 e. The first-order valence-corrected chi connectivity index (χ1v) is 10.9. The normalized spacial score (nSPS) is 23.9. The van der Waals surface area contributed by atoms with E-state index in [0.717, 1.165) is 17.5 Å². The van der Waals surface area contributed by atoms with E-state index in [2.05, 4.69) is 29.8 Å². The molecule has 3 rings (SSSR count). The van der Waals surface area contributed by atoms with Crippen molar-refractivity contribution in [3.05, 3.63) is 71.8 Å². The lowest BCUT2D eigenvalue weighted by atomic mass is 9.83. The zero-order valence-electron chi connectivity index (χ0n) is 16.6. The van der Waals surface area contributed by atoms with E-state index in [9.17, 15) is 9.90 Å². The highest BCUT2D eigenvalue weighted by molar-refractivity contribution is 7.99. The standard InChI is InChI=1S/C22H29N3O2S/c1-15-14-16(2)24-21(23-15)25-19(20(26)27)22(28-3,17-10-6-4-7-11-17)18-12-8-5-9-13-18/h4-13,15-16,19,21,23-25H,14H2,1-3H3,(H,26,27). The molecule has 1 fully saturated rings. The molecule has 5 nitrogen and oxygen atoms in total. The first kappa shape index (κ1) is 20.9. The van der Waals surface area contributed by atoms with E-state index in [0.29, 0.717) is 12.1 Å². The van der Waals surface area contributed by atoms with Gasteiger partial charge in [-0.1, -0.05) is 60.7 Å². The van der Waals surface area contributed by atoms with Gasteiger partial charge in [0.05, 0.1) is 4.75 Å². The van der Waals surface area contributed by atoms with E-state index in [-0.39, 0.29) is 6.29 Å². The third kappa shape index (κ3) is 4.25. The molecule has 0 aliphatic carbocycles.